The molecule has 2 aromatic rings. The largest absolute Gasteiger partial charge is 0.487 e. The van der Waals surface area contributed by atoms with Crippen LogP contribution in [0.25, 0.3) is 0 Å². The van der Waals surface area contributed by atoms with E-state index in [-0.39, 0.29) is 0 Å². The van der Waals surface area contributed by atoms with Crippen molar-refractivity contribution in [2.45, 2.75) is 26.2 Å². The van der Waals surface area contributed by atoms with E-state index < -0.39 is 8.07 Å². The van der Waals surface area contributed by atoms with Crippen LogP contribution in [0.15, 0.2) is 42.5 Å². The van der Waals surface area contributed by atoms with E-state index >= 15 is 0 Å². The molecular weight excluding hydrogens is 307 g/mol. The summed E-state index contributed by atoms with van der Waals surface area (Å²) >= 11 is 12.8. The monoisotopic (exact) mass is 324 g/mol. The summed E-state index contributed by atoms with van der Waals surface area (Å²) < 4.78 is 5.85. The van der Waals surface area contributed by atoms with E-state index in [1.165, 1.54) is 0 Å². The molecule has 0 saturated heterocycles. The molecule has 0 amide bonds. The van der Waals surface area contributed by atoms with Crippen LogP contribution in [0, 0.1) is 0 Å². The molecule has 0 aliphatic carbocycles. The lowest BCUT2D eigenvalue weighted by Crippen LogP contribution is -2.39. The SMILES string of the molecule is C[Si](C)(C)c1c(Cl)ccc(OCc2ccccc2)c1Cl. The van der Waals surface area contributed by atoms with Gasteiger partial charge in [0.25, 0.3) is 0 Å². The first-order valence-electron chi connectivity index (χ1n) is 6.55. The molecule has 20 heavy (non-hydrogen) atoms. The second-order valence-corrected chi connectivity index (χ2v) is 11.5. The standard InChI is InChI=1S/C16H18Cl2OSi/c1-20(2,3)16-13(17)9-10-14(15(16)18)19-11-12-7-5-4-6-8-12/h4-10H,11H2,1-3H3. The molecule has 0 aromatic heterocycles. The number of rotatable bonds is 4. The molecule has 0 radical (unpaired) electrons. The Balaban J connectivity index is 2.26. The summed E-state index contributed by atoms with van der Waals surface area (Å²) in [5.41, 5.74) is 1.12. The topological polar surface area (TPSA) is 9.23 Å². The van der Waals surface area contributed by atoms with Crippen molar-refractivity contribution in [3.8, 4) is 5.75 Å². The van der Waals surface area contributed by atoms with Crippen molar-refractivity contribution in [1.82, 2.24) is 0 Å². The maximum atomic E-state index is 6.49. The molecule has 0 bridgehead atoms. The van der Waals surface area contributed by atoms with Crippen molar-refractivity contribution in [1.29, 1.82) is 0 Å². The van der Waals surface area contributed by atoms with Crippen LogP contribution in [-0.2, 0) is 6.61 Å². The molecule has 1 nitrogen and oxygen atoms in total. The van der Waals surface area contributed by atoms with Crippen molar-refractivity contribution >= 4 is 36.5 Å². The molecule has 0 saturated carbocycles. The molecule has 0 aliphatic heterocycles. The fourth-order valence-corrected chi connectivity index (χ4v) is 5.78. The third-order valence-electron chi connectivity index (χ3n) is 3.04. The average Bonchev–Trinajstić information content (AvgIpc) is 2.37. The van der Waals surface area contributed by atoms with Crippen molar-refractivity contribution in [3.05, 3.63) is 58.1 Å². The van der Waals surface area contributed by atoms with E-state index in [1.807, 2.05) is 42.5 Å². The first-order chi connectivity index (χ1) is 9.39. The highest BCUT2D eigenvalue weighted by Crippen LogP contribution is 2.29. The molecule has 2 aromatic carbocycles. The molecule has 106 valence electrons. The van der Waals surface area contributed by atoms with E-state index in [0.717, 1.165) is 15.8 Å². The van der Waals surface area contributed by atoms with Gasteiger partial charge in [0.2, 0.25) is 0 Å². The van der Waals surface area contributed by atoms with E-state index in [9.17, 15) is 0 Å². The van der Waals surface area contributed by atoms with Crippen molar-refractivity contribution in [3.63, 3.8) is 0 Å². The van der Waals surface area contributed by atoms with Crippen molar-refractivity contribution in [2.24, 2.45) is 0 Å². The fourth-order valence-electron chi connectivity index (χ4n) is 2.07. The quantitative estimate of drug-likeness (QED) is 0.709. The third-order valence-corrected chi connectivity index (χ3v) is 6.07. The summed E-state index contributed by atoms with van der Waals surface area (Å²) in [7, 11) is -1.61. The van der Waals surface area contributed by atoms with Crippen LogP contribution in [0.3, 0.4) is 0 Å². The Hall–Kier alpha value is -0.963. The molecule has 4 heteroatoms. The Morgan fingerprint density at radius 1 is 0.950 bits per heavy atom. The van der Waals surface area contributed by atoms with Gasteiger partial charge in [-0.3, -0.25) is 0 Å². The second kappa shape index (κ2) is 6.21. The minimum atomic E-state index is -1.61. The normalized spacial score (nSPS) is 11.4. The minimum absolute atomic E-state index is 0.507. The van der Waals surface area contributed by atoms with Crippen LogP contribution in [0.1, 0.15) is 5.56 Å². The van der Waals surface area contributed by atoms with Crippen LogP contribution in [0.5, 0.6) is 5.75 Å². The summed E-state index contributed by atoms with van der Waals surface area (Å²) in [6.07, 6.45) is 0. The third kappa shape index (κ3) is 3.57. The summed E-state index contributed by atoms with van der Waals surface area (Å²) in [5, 5.41) is 2.46. The van der Waals surface area contributed by atoms with Crippen LogP contribution < -0.4 is 9.92 Å². The maximum Gasteiger partial charge on any atom is 0.138 e. The van der Waals surface area contributed by atoms with Gasteiger partial charge in [0, 0.05) is 5.02 Å². The predicted molar refractivity (Wildman–Crippen MR) is 90.2 cm³/mol. The molecule has 0 unspecified atom stereocenters. The molecule has 2 rings (SSSR count). The zero-order valence-electron chi connectivity index (χ0n) is 11.9. The lowest BCUT2D eigenvalue weighted by atomic mass is 10.2. The number of hydrogen-bond acceptors (Lipinski definition) is 1. The molecule has 0 N–H and O–H groups in total. The van der Waals surface area contributed by atoms with Gasteiger partial charge in [-0.25, -0.2) is 0 Å². The van der Waals surface area contributed by atoms with Crippen LogP contribution in [0.4, 0.5) is 0 Å². The smallest absolute Gasteiger partial charge is 0.138 e. The van der Waals surface area contributed by atoms with Gasteiger partial charge in [0.05, 0.1) is 13.1 Å². The lowest BCUT2D eigenvalue weighted by molar-refractivity contribution is 0.306. The summed E-state index contributed by atoms with van der Waals surface area (Å²) in [6.45, 7) is 7.18. The Bertz CT molecular complexity index is 591. The zero-order valence-corrected chi connectivity index (χ0v) is 14.4. The maximum absolute atomic E-state index is 6.49. The molecular formula is C16H18Cl2OSi. The number of benzene rings is 2. The summed E-state index contributed by atoms with van der Waals surface area (Å²) in [4.78, 5) is 0. The van der Waals surface area contributed by atoms with Crippen LogP contribution in [0.2, 0.25) is 29.7 Å². The molecule has 0 heterocycles. The van der Waals surface area contributed by atoms with Crippen LogP contribution >= 0.6 is 23.2 Å². The number of halogens is 2. The molecule has 0 fully saturated rings. The van der Waals surface area contributed by atoms with Crippen molar-refractivity contribution < 1.29 is 4.74 Å². The highest BCUT2D eigenvalue weighted by atomic mass is 35.5. The Labute approximate surface area is 131 Å². The van der Waals surface area contributed by atoms with Gasteiger partial charge >= 0.3 is 0 Å². The van der Waals surface area contributed by atoms with Gasteiger partial charge in [0.1, 0.15) is 12.4 Å². The summed E-state index contributed by atoms with van der Waals surface area (Å²) in [5.74, 6) is 0.706. The molecule has 0 atom stereocenters. The number of ether oxygens (including phenoxy) is 1. The van der Waals surface area contributed by atoms with Crippen molar-refractivity contribution in [2.75, 3.05) is 0 Å². The molecule has 0 aliphatic rings. The Morgan fingerprint density at radius 3 is 2.20 bits per heavy atom. The zero-order chi connectivity index (χ0) is 14.8. The first-order valence-corrected chi connectivity index (χ1v) is 10.8. The predicted octanol–water partition coefficient (Wildman–Crippen LogP) is 5.12. The van der Waals surface area contributed by atoms with E-state index in [0.29, 0.717) is 17.4 Å². The van der Waals surface area contributed by atoms with Gasteiger partial charge in [-0.15, -0.1) is 0 Å². The second-order valence-electron chi connectivity index (χ2n) is 5.76. The van der Waals surface area contributed by atoms with E-state index in [1.54, 1.807) is 0 Å². The lowest BCUT2D eigenvalue weighted by Gasteiger charge is -2.22. The molecule has 0 spiro atoms. The van der Waals surface area contributed by atoms with Gasteiger partial charge in [0.15, 0.2) is 0 Å². The summed E-state index contributed by atoms with van der Waals surface area (Å²) in [6, 6.07) is 13.8. The minimum Gasteiger partial charge on any atom is -0.487 e. The van der Waals surface area contributed by atoms with E-state index in [2.05, 4.69) is 19.6 Å². The Morgan fingerprint density at radius 2 is 1.60 bits per heavy atom. The van der Waals surface area contributed by atoms with Gasteiger partial charge in [-0.1, -0.05) is 73.2 Å². The highest BCUT2D eigenvalue weighted by Gasteiger charge is 2.25. The van der Waals surface area contributed by atoms with Crippen LogP contribution in [-0.4, -0.2) is 8.07 Å². The van der Waals surface area contributed by atoms with Gasteiger partial charge in [-0.05, 0) is 22.9 Å². The van der Waals surface area contributed by atoms with Gasteiger partial charge < -0.3 is 4.74 Å². The van der Waals surface area contributed by atoms with E-state index in [4.69, 9.17) is 27.9 Å². The fraction of sp³-hybridized carbons (Fsp3) is 0.250. The van der Waals surface area contributed by atoms with Gasteiger partial charge in [-0.2, -0.15) is 0 Å². The number of hydrogen-bond donors (Lipinski definition) is 0. The highest BCUT2D eigenvalue weighted by molar-refractivity contribution is 6.91. The first kappa shape index (κ1) is 15.4. The Kier molecular flexibility index (Phi) is 4.79. The average molecular weight is 325 g/mol.